The van der Waals surface area contributed by atoms with E-state index in [-0.39, 0.29) is 25.7 Å². The Hall–Kier alpha value is -3.80. The van der Waals surface area contributed by atoms with Crippen LogP contribution in [0.1, 0.15) is 17.0 Å². The number of carboxylic acids is 1. The first kappa shape index (κ1) is 20.5. The summed E-state index contributed by atoms with van der Waals surface area (Å²) < 4.78 is 11.2. The first-order chi connectivity index (χ1) is 15.1. The highest BCUT2D eigenvalue weighted by Crippen LogP contribution is 2.44. The van der Waals surface area contributed by atoms with Gasteiger partial charge >= 0.3 is 12.1 Å². The number of rotatable bonds is 8. The standard InChI is InChI=1S/C25H23NO5/c27-24(28)16-26(14-15-30-18-8-2-1-3-9-18)25(29)31-17-23-21-12-6-4-10-19(21)20-11-5-7-13-22(20)23/h1-13,23H,14-17H2,(H,27,28). The van der Waals surface area contributed by atoms with Crippen LogP contribution >= 0.6 is 0 Å². The van der Waals surface area contributed by atoms with E-state index in [0.29, 0.717) is 5.75 Å². The normalized spacial score (nSPS) is 12.0. The highest BCUT2D eigenvalue weighted by molar-refractivity contribution is 5.79. The molecule has 0 saturated carbocycles. The van der Waals surface area contributed by atoms with Crippen molar-refractivity contribution in [2.75, 3.05) is 26.3 Å². The van der Waals surface area contributed by atoms with Crippen LogP contribution in [0.25, 0.3) is 11.1 Å². The Kier molecular flexibility index (Phi) is 6.17. The zero-order valence-corrected chi connectivity index (χ0v) is 16.9. The highest BCUT2D eigenvalue weighted by Gasteiger charge is 2.30. The van der Waals surface area contributed by atoms with Gasteiger partial charge in [0.2, 0.25) is 0 Å². The Bertz CT molecular complexity index is 1020. The van der Waals surface area contributed by atoms with E-state index in [1.54, 1.807) is 12.1 Å². The van der Waals surface area contributed by atoms with Crippen molar-refractivity contribution in [2.24, 2.45) is 0 Å². The number of carbonyl (C=O) groups excluding carboxylic acids is 1. The molecule has 31 heavy (non-hydrogen) atoms. The minimum Gasteiger partial charge on any atom is -0.492 e. The van der Waals surface area contributed by atoms with Crippen molar-refractivity contribution in [3.8, 4) is 16.9 Å². The fourth-order valence-corrected chi connectivity index (χ4v) is 3.87. The fraction of sp³-hybridized carbons (Fsp3) is 0.200. The van der Waals surface area contributed by atoms with Gasteiger partial charge in [-0.15, -0.1) is 0 Å². The van der Waals surface area contributed by atoms with Gasteiger partial charge in [-0.25, -0.2) is 4.79 Å². The third-order valence-electron chi connectivity index (χ3n) is 5.29. The molecule has 158 valence electrons. The Morgan fingerprint density at radius 1 is 0.839 bits per heavy atom. The second-order valence-electron chi connectivity index (χ2n) is 7.28. The summed E-state index contributed by atoms with van der Waals surface area (Å²) in [6.07, 6.45) is -0.666. The number of para-hydroxylation sites is 1. The molecular formula is C25H23NO5. The number of amides is 1. The summed E-state index contributed by atoms with van der Waals surface area (Å²) in [5.74, 6) is -0.526. The highest BCUT2D eigenvalue weighted by atomic mass is 16.6. The zero-order chi connectivity index (χ0) is 21.6. The lowest BCUT2D eigenvalue weighted by atomic mass is 9.98. The van der Waals surface area contributed by atoms with Crippen LogP contribution in [0.15, 0.2) is 78.9 Å². The molecule has 3 aromatic rings. The number of nitrogens with zero attached hydrogens (tertiary/aromatic N) is 1. The molecular weight excluding hydrogens is 394 g/mol. The number of hydrogen-bond acceptors (Lipinski definition) is 4. The molecule has 0 radical (unpaired) electrons. The molecule has 0 aromatic heterocycles. The lowest BCUT2D eigenvalue weighted by molar-refractivity contribution is -0.138. The molecule has 3 aromatic carbocycles. The number of carbonyl (C=O) groups is 2. The molecule has 0 spiro atoms. The molecule has 0 fully saturated rings. The van der Waals surface area contributed by atoms with Crippen LogP contribution in [0, 0.1) is 0 Å². The molecule has 1 N–H and O–H groups in total. The minimum absolute atomic E-state index is 0.0800. The van der Waals surface area contributed by atoms with Crippen LogP contribution in [0.5, 0.6) is 5.75 Å². The first-order valence-corrected chi connectivity index (χ1v) is 10.1. The summed E-state index contributed by atoms with van der Waals surface area (Å²) in [5.41, 5.74) is 4.48. The van der Waals surface area contributed by atoms with Gasteiger partial charge in [-0.3, -0.25) is 9.69 Å². The maximum absolute atomic E-state index is 12.7. The Morgan fingerprint density at radius 3 is 2.03 bits per heavy atom. The Morgan fingerprint density at radius 2 is 1.42 bits per heavy atom. The van der Waals surface area contributed by atoms with Crippen LogP contribution in [0.2, 0.25) is 0 Å². The number of carboxylic acid groups (broad SMARTS) is 1. The van der Waals surface area contributed by atoms with Crippen LogP contribution in [-0.4, -0.2) is 48.4 Å². The van der Waals surface area contributed by atoms with Crippen molar-refractivity contribution < 1.29 is 24.2 Å². The van der Waals surface area contributed by atoms with Crippen LogP contribution < -0.4 is 4.74 Å². The van der Waals surface area contributed by atoms with E-state index in [1.165, 1.54) is 0 Å². The summed E-state index contributed by atoms with van der Waals surface area (Å²) >= 11 is 0. The topological polar surface area (TPSA) is 76.1 Å². The quantitative estimate of drug-likeness (QED) is 0.588. The number of benzene rings is 3. The van der Waals surface area contributed by atoms with Crippen LogP contribution in [0.4, 0.5) is 4.79 Å². The molecule has 0 bridgehead atoms. The van der Waals surface area contributed by atoms with Crippen molar-refractivity contribution in [3.63, 3.8) is 0 Å². The van der Waals surface area contributed by atoms with Crippen LogP contribution in [0.3, 0.4) is 0 Å². The van der Waals surface area contributed by atoms with Gasteiger partial charge in [0, 0.05) is 5.92 Å². The zero-order valence-electron chi connectivity index (χ0n) is 16.9. The SMILES string of the molecule is O=C(O)CN(CCOc1ccccc1)C(=O)OCC1c2ccccc2-c2ccccc21. The van der Waals surface area contributed by atoms with E-state index in [9.17, 15) is 14.7 Å². The third kappa shape index (κ3) is 4.69. The predicted molar refractivity (Wildman–Crippen MR) is 116 cm³/mol. The fourth-order valence-electron chi connectivity index (χ4n) is 3.87. The van der Waals surface area contributed by atoms with Gasteiger partial charge in [0.15, 0.2) is 0 Å². The molecule has 0 unspecified atom stereocenters. The second kappa shape index (κ2) is 9.34. The van der Waals surface area contributed by atoms with Crippen LogP contribution in [-0.2, 0) is 9.53 Å². The molecule has 1 aliphatic rings. The smallest absolute Gasteiger partial charge is 0.410 e. The maximum Gasteiger partial charge on any atom is 0.410 e. The molecule has 6 heteroatoms. The number of ether oxygens (including phenoxy) is 2. The predicted octanol–water partition coefficient (Wildman–Crippen LogP) is 4.40. The Labute approximate surface area is 180 Å². The van der Waals surface area contributed by atoms with Gasteiger partial charge < -0.3 is 14.6 Å². The van der Waals surface area contributed by atoms with Gasteiger partial charge in [-0.1, -0.05) is 66.7 Å². The van der Waals surface area contributed by atoms with E-state index < -0.39 is 18.6 Å². The van der Waals surface area contributed by atoms with E-state index in [2.05, 4.69) is 12.1 Å². The van der Waals surface area contributed by atoms with Gasteiger partial charge in [-0.05, 0) is 34.4 Å². The second-order valence-corrected chi connectivity index (χ2v) is 7.28. The summed E-state index contributed by atoms with van der Waals surface area (Å²) in [5, 5.41) is 9.20. The largest absolute Gasteiger partial charge is 0.492 e. The first-order valence-electron chi connectivity index (χ1n) is 10.1. The number of hydrogen-bond donors (Lipinski definition) is 1. The van der Waals surface area contributed by atoms with Gasteiger partial charge in [-0.2, -0.15) is 0 Å². The molecule has 4 rings (SSSR count). The van der Waals surface area contributed by atoms with Crippen molar-refractivity contribution in [2.45, 2.75) is 5.92 Å². The van der Waals surface area contributed by atoms with Crippen molar-refractivity contribution in [1.82, 2.24) is 4.90 Å². The molecule has 0 atom stereocenters. The summed E-state index contributed by atoms with van der Waals surface area (Å²) in [7, 11) is 0. The van der Waals surface area contributed by atoms with E-state index in [0.717, 1.165) is 27.2 Å². The molecule has 1 amide bonds. The van der Waals surface area contributed by atoms with Gasteiger partial charge in [0.25, 0.3) is 0 Å². The average Bonchev–Trinajstić information content (AvgIpc) is 3.11. The molecule has 1 aliphatic carbocycles. The summed E-state index contributed by atoms with van der Waals surface area (Å²) in [6, 6.07) is 25.3. The van der Waals surface area contributed by atoms with Crippen molar-refractivity contribution >= 4 is 12.1 Å². The number of fused-ring (bicyclic) bond motifs is 3. The number of aliphatic carboxylic acids is 1. The molecule has 6 nitrogen and oxygen atoms in total. The van der Waals surface area contributed by atoms with Crippen molar-refractivity contribution in [3.05, 3.63) is 90.0 Å². The monoisotopic (exact) mass is 417 g/mol. The lowest BCUT2D eigenvalue weighted by Gasteiger charge is -2.22. The molecule has 0 heterocycles. The summed E-state index contributed by atoms with van der Waals surface area (Å²) in [6.45, 7) is -0.0310. The molecule has 0 aliphatic heterocycles. The van der Waals surface area contributed by atoms with E-state index >= 15 is 0 Å². The van der Waals surface area contributed by atoms with E-state index in [4.69, 9.17) is 9.47 Å². The van der Waals surface area contributed by atoms with Gasteiger partial charge in [0.1, 0.15) is 25.5 Å². The lowest BCUT2D eigenvalue weighted by Crippen LogP contribution is -2.39. The summed E-state index contributed by atoms with van der Waals surface area (Å²) in [4.78, 5) is 25.1. The third-order valence-corrected chi connectivity index (χ3v) is 5.29. The van der Waals surface area contributed by atoms with Crippen molar-refractivity contribution in [1.29, 1.82) is 0 Å². The maximum atomic E-state index is 12.7. The van der Waals surface area contributed by atoms with Gasteiger partial charge in [0.05, 0.1) is 6.54 Å². The molecule has 0 saturated heterocycles. The average molecular weight is 417 g/mol. The Balaban J connectivity index is 1.41. The minimum atomic E-state index is -1.10. The van der Waals surface area contributed by atoms with E-state index in [1.807, 2.05) is 54.6 Å².